The quantitative estimate of drug-likeness (QED) is 0.579. The number of aliphatic hydroxyl groups is 1. The molecule has 4 nitrogen and oxygen atoms in total. The van der Waals surface area contributed by atoms with Crippen LogP contribution in [-0.4, -0.2) is 28.4 Å². The van der Waals surface area contributed by atoms with E-state index in [1.807, 2.05) is 0 Å². The fraction of sp³-hybridized carbons (Fsp3) is 0.125. The predicted molar refractivity (Wildman–Crippen MR) is 43.2 cm³/mol. The van der Waals surface area contributed by atoms with Crippen LogP contribution in [0.25, 0.3) is 0 Å². The zero-order valence-corrected chi connectivity index (χ0v) is 6.56. The van der Waals surface area contributed by atoms with Gasteiger partial charge in [-0.05, 0) is 24.3 Å². The van der Waals surface area contributed by atoms with Crippen LogP contribution in [0.2, 0.25) is 0 Å². The molecule has 0 fully saturated rings. The Morgan fingerprint density at radius 1 is 1.17 bits per heavy atom. The first-order chi connectivity index (χ1) is 5.70. The van der Waals surface area contributed by atoms with Crippen LogP contribution in [0, 0.1) is 0 Å². The van der Waals surface area contributed by atoms with Crippen molar-refractivity contribution in [1.82, 2.24) is 0 Å². The van der Waals surface area contributed by atoms with Crippen molar-refractivity contribution in [2.24, 2.45) is 0 Å². The number of phenols is 1. The minimum atomic E-state index is -0.986. The molecule has 0 bridgehead atoms. The van der Waals surface area contributed by atoms with E-state index in [2.05, 4.69) is 0 Å². The van der Waals surface area contributed by atoms with Gasteiger partial charge in [0.05, 0.1) is 5.56 Å². The maximum absolute atomic E-state index is 10.2. The van der Waals surface area contributed by atoms with Gasteiger partial charge in [0.2, 0.25) is 0 Å². The molecule has 0 aromatic heterocycles. The molecule has 0 unspecified atom stereocenters. The van der Waals surface area contributed by atoms with Crippen LogP contribution in [0.1, 0.15) is 10.4 Å². The SMILES string of the molecule is CO.O=C(O)c1ccc(O)cc1. The van der Waals surface area contributed by atoms with Gasteiger partial charge in [-0.2, -0.15) is 0 Å². The maximum Gasteiger partial charge on any atom is 0.335 e. The van der Waals surface area contributed by atoms with E-state index in [1.54, 1.807) is 0 Å². The van der Waals surface area contributed by atoms with Gasteiger partial charge in [-0.25, -0.2) is 4.79 Å². The molecule has 1 aromatic carbocycles. The first kappa shape index (κ1) is 10.4. The van der Waals surface area contributed by atoms with E-state index in [0.717, 1.165) is 7.11 Å². The van der Waals surface area contributed by atoms with Crippen molar-refractivity contribution in [3.05, 3.63) is 29.8 Å². The summed E-state index contributed by atoms with van der Waals surface area (Å²) < 4.78 is 0. The van der Waals surface area contributed by atoms with Gasteiger partial charge in [0.1, 0.15) is 5.75 Å². The molecule has 0 saturated heterocycles. The third-order valence-electron chi connectivity index (χ3n) is 1.11. The molecule has 0 saturated carbocycles. The Kier molecular flexibility index (Phi) is 4.48. The molecule has 0 aliphatic heterocycles. The highest BCUT2D eigenvalue weighted by Crippen LogP contribution is 2.08. The number of aromatic carboxylic acids is 1. The number of aromatic hydroxyl groups is 1. The number of carboxylic acids is 1. The number of rotatable bonds is 1. The van der Waals surface area contributed by atoms with Crippen molar-refractivity contribution >= 4 is 5.97 Å². The number of carbonyl (C=O) groups is 1. The largest absolute Gasteiger partial charge is 0.508 e. The van der Waals surface area contributed by atoms with E-state index >= 15 is 0 Å². The van der Waals surface area contributed by atoms with Gasteiger partial charge in [0.25, 0.3) is 0 Å². The Morgan fingerprint density at radius 2 is 1.58 bits per heavy atom. The van der Waals surface area contributed by atoms with Gasteiger partial charge in [0, 0.05) is 7.11 Å². The lowest BCUT2D eigenvalue weighted by molar-refractivity contribution is 0.0697. The first-order valence-corrected chi connectivity index (χ1v) is 3.17. The highest BCUT2D eigenvalue weighted by atomic mass is 16.4. The van der Waals surface area contributed by atoms with Crippen LogP contribution >= 0.6 is 0 Å². The molecule has 3 N–H and O–H groups in total. The monoisotopic (exact) mass is 170 g/mol. The summed E-state index contributed by atoms with van der Waals surface area (Å²) >= 11 is 0. The highest BCUT2D eigenvalue weighted by molar-refractivity contribution is 5.87. The molecule has 0 spiro atoms. The number of carboxylic acid groups (broad SMARTS) is 1. The second-order valence-electron chi connectivity index (χ2n) is 1.85. The normalized spacial score (nSPS) is 8.17. The Balaban J connectivity index is 0.000000561. The second kappa shape index (κ2) is 5.15. The Bertz CT molecular complexity index is 240. The molecule has 66 valence electrons. The fourth-order valence-electron chi connectivity index (χ4n) is 0.604. The molecule has 0 aliphatic carbocycles. The van der Waals surface area contributed by atoms with Crippen molar-refractivity contribution in [1.29, 1.82) is 0 Å². The van der Waals surface area contributed by atoms with Crippen molar-refractivity contribution in [2.45, 2.75) is 0 Å². The summed E-state index contributed by atoms with van der Waals surface area (Å²) in [6.45, 7) is 0. The summed E-state index contributed by atoms with van der Waals surface area (Å²) in [6, 6.07) is 5.36. The highest BCUT2D eigenvalue weighted by Gasteiger charge is 1.99. The molecular weight excluding hydrogens is 160 g/mol. The van der Waals surface area contributed by atoms with Crippen LogP contribution in [0.3, 0.4) is 0 Å². The standard InChI is InChI=1S/C7H6O3.CH4O/c8-6-3-1-5(2-4-6)7(9)10;1-2/h1-4,8H,(H,9,10);2H,1H3. The maximum atomic E-state index is 10.2. The second-order valence-corrected chi connectivity index (χ2v) is 1.85. The molecule has 0 aliphatic rings. The van der Waals surface area contributed by atoms with Crippen molar-refractivity contribution < 1.29 is 20.1 Å². The van der Waals surface area contributed by atoms with Gasteiger partial charge in [-0.15, -0.1) is 0 Å². The van der Waals surface area contributed by atoms with E-state index < -0.39 is 5.97 Å². The lowest BCUT2D eigenvalue weighted by atomic mass is 10.2. The average molecular weight is 170 g/mol. The summed E-state index contributed by atoms with van der Waals surface area (Å²) in [5.41, 5.74) is 0.179. The summed E-state index contributed by atoms with van der Waals surface area (Å²) in [7, 11) is 1.00. The summed E-state index contributed by atoms with van der Waals surface area (Å²) in [4.78, 5) is 10.2. The number of aliphatic hydroxyl groups excluding tert-OH is 1. The summed E-state index contributed by atoms with van der Waals surface area (Å²) in [5, 5.41) is 24.1. The van der Waals surface area contributed by atoms with Crippen LogP contribution in [-0.2, 0) is 0 Å². The smallest absolute Gasteiger partial charge is 0.335 e. The van der Waals surface area contributed by atoms with E-state index in [1.165, 1.54) is 24.3 Å². The van der Waals surface area contributed by atoms with Crippen LogP contribution in [0.5, 0.6) is 5.75 Å². The van der Waals surface area contributed by atoms with Crippen molar-refractivity contribution in [3.8, 4) is 5.75 Å². The minimum absolute atomic E-state index is 0.0741. The van der Waals surface area contributed by atoms with E-state index in [0.29, 0.717) is 0 Å². The lowest BCUT2D eigenvalue weighted by Gasteiger charge is -1.92. The van der Waals surface area contributed by atoms with E-state index in [4.69, 9.17) is 15.3 Å². The number of hydrogen-bond acceptors (Lipinski definition) is 3. The van der Waals surface area contributed by atoms with Crippen LogP contribution in [0.4, 0.5) is 0 Å². The van der Waals surface area contributed by atoms with Gasteiger partial charge < -0.3 is 15.3 Å². The Labute approximate surface area is 69.7 Å². The molecular formula is C8H10O4. The van der Waals surface area contributed by atoms with Gasteiger partial charge >= 0.3 is 5.97 Å². The molecule has 0 heterocycles. The zero-order chi connectivity index (χ0) is 9.56. The molecule has 0 radical (unpaired) electrons. The predicted octanol–water partition coefficient (Wildman–Crippen LogP) is 0.699. The summed E-state index contributed by atoms with van der Waals surface area (Å²) in [5.74, 6) is -0.912. The average Bonchev–Trinajstić information content (AvgIpc) is 2.09. The number of hydrogen-bond donors (Lipinski definition) is 3. The van der Waals surface area contributed by atoms with Crippen molar-refractivity contribution in [3.63, 3.8) is 0 Å². The minimum Gasteiger partial charge on any atom is -0.508 e. The van der Waals surface area contributed by atoms with Crippen molar-refractivity contribution in [2.75, 3.05) is 7.11 Å². The fourth-order valence-corrected chi connectivity index (χ4v) is 0.604. The van der Waals surface area contributed by atoms with Crippen LogP contribution in [0.15, 0.2) is 24.3 Å². The van der Waals surface area contributed by atoms with Gasteiger partial charge in [-0.1, -0.05) is 0 Å². The van der Waals surface area contributed by atoms with E-state index in [-0.39, 0.29) is 11.3 Å². The molecule has 0 atom stereocenters. The third kappa shape index (κ3) is 3.03. The van der Waals surface area contributed by atoms with E-state index in [9.17, 15) is 4.79 Å². The molecule has 4 heteroatoms. The Morgan fingerprint density at radius 3 is 1.92 bits per heavy atom. The third-order valence-corrected chi connectivity index (χ3v) is 1.11. The molecule has 1 rings (SSSR count). The lowest BCUT2D eigenvalue weighted by Crippen LogP contribution is -1.93. The number of phenolic OH excluding ortho intramolecular Hbond substituents is 1. The van der Waals surface area contributed by atoms with Gasteiger partial charge in [-0.3, -0.25) is 0 Å². The number of benzene rings is 1. The molecule has 0 amide bonds. The molecule has 1 aromatic rings. The molecule has 12 heavy (non-hydrogen) atoms. The van der Waals surface area contributed by atoms with Gasteiger partial charge in [0.15, 0.2) is 0 Å². The topological polar surface area (TPSA) is 77.8 Å². The summed E-state index contributed by atoms with van der Waals surface area (Å²) in [6.07, 6.45) is 0. The first-order valence-electron chi connectivity index (χ1n) is 3.17. The van der Waals surface area contributed by atoms with Crippen LogP contribution < -0.4 is 0 Å². The zero-order valence-electron chi connectivity index (χ0n) is 6.56. The Hall–Kier alpha value is -1.55.